The molecule has 1 heterocycles. The van der Waals surface area contributed by atoms with Crippen LogP contribution in [0, 0.1) is 23.2 Å². The summed E-state index contributed by atoms with van der Waals surface area (Å²) in [5.41, 5.74) is 9.19. The molecule has 0 fully saturated rings. The number of alkyl halides is 3. The lowest BCUT2D eigenvalue weighted by atomic mass is 9.83. The van der Waals surface area contributed by atoms with E-state index in [2.05, 4.69) is 16.4 Å². The standard InChI is InChI=1S/C35H37F3N6OS/c1-3-24(2)32(31(45)17-29-20-41-23-43(29)21-27-15-13-25(18-39)14-16-27)33(40)44(34(46)42-19-26-9-5-4-6-10-26)22-28-11-7-8-12-30(28)35(36,37)38/h4-16,20,23-24,32-33H,3,17,19,21-22,40H2,1-2H3,(H,42,46)/t24-,32+,33?/m0/s1. The second kappa shape index (κ2) is 15.7. The van der Waals surface area contributed by atoms with E-state index in [0.717, 1.165) is 17.2 Å². The molecular formula is C35H37F3N6OS. The minimum Gasteiger partial charge on any atom is -0.358 e. The quantitative estimate of drug-likeness (QED) is 0.127. The first-order valence-corrected chi connectivity index (χ1v) is 15.4. The average Bonchev–Trinajstić information content (AvgIpc) is 3.48. The van der Waals surface area contributed by atoms with Crippen LogP contribution in [0.15, 0.2) is 91.4 Å². The molecule has 11 heteroatoms. The summed E-state index contributed by atoms with van der Waals surface area (Å²) in [7, 11) is 0. The van der Waals surface area contributed by atoms with Crippen LogP contribution in [0.5, 0.6) is 0 Å². The van der Waals surface area contributed by atoms with Gasteiger partial charge in [0.05, 0.1) is 35.6 Å². The van der Waals surface area contributed by atoms with Gasteiger partial charge >= 0.3 is 6.18 Å². The SMILES string of the molecule is CC[C@H](C)[C@H](C(=O)Cc1cncn1Cc1ccc(C#N)cc1)C(N)N(Cc1ccccc1C(F)(F)F)C(=S)NCc1ccccc1. The number of nitriles is 1. The zero-order valence-electron chi connectivity index (χ0n) is 25.7. The molecule has 0 saturated carbocycles. The first-order chi connectivity index (χ1) is 22.0. The van der Waals surface area contributed by atoms with Crippen LogP contribution in [0.4, 0.5) is 13.2 Å². The molecule has 1 unspecified atom stereocenters. The topological polar surface area (TPSA) is 100.0 Å². The van der Waals surface area contributed by atoms with Gasteiger partial charge in [0.25, 0.3) is 0 Å². The molecule has 0 aliphatic carbocycles. The Morgan fingerprint density at radius 1 is 1.07 bits per heavy atom. The highest BCUT2D eigenvalue weighted by Crippen LogP contribution is 2.33. The van der Waals surface area contributed by atoms with Crippen molar-refractivity contribution in [3.63, 3.8) is 0 Å². The lowest BCUT2D eigenvalue weighted by Crippen LogP contribution is -2.56. The molecule has 46 heavy (non-hydrogen) atoms. The first kappa shape index (κ1) is 34.3. The number of rotatable bonds is 13. The summed E-state index contributed by atoms with van der Waals surface area (Å²) in [5, 5.41) is 12.4. The zero-order valence-corrected chi connectivity index (χ0v) is 26.6. The number of halogens is 3. The maximum absolute atomic E-state index is 14.1. The summed E-state index contributed by atoms with van der Waals surface area (Å²) in [5.74, 6) is -1.11. The minimum absolute atomic E-state index is 0.00477. The highest BCUT2D eigenvalue weighted by atomic mass is 32.1. The third-order valence-corrected chi connectivity index (χ3v) is 8.54. The molecule has 4 aromatic rings. The number of carbonyl (C=O) groups is 1. The molecule has 3 atom stereocenters. The second-order valence-electron chi connectivity index (χ2n) is 11.3. The van der Waals surface area contributed by atoms with Crippen molar-refractivity contribution >= 4 is 23.1 Å². The molecule has 0 aliphatic heterocycles. The fourth-order valence-electron chi connectivity index (χ4n) is 5.41. The van der Waals surface area contributed by atoms with Crippen LogP contribution >= 0.6 is 12.2 Å². The monoisotopic (exact) mass is 646 g/mol. The van der Waals surface area contributed by atoms with Gasteiger partial charge in [0, 0.05) is 37.9 Å². The zero-order chi connectivity index (χ0) is 33.3. The highest BCUT2D eigenvalue weighted by Gasteiger charge is 2.38. The average molecular weight is 647 g/mol. The normalized spacial score (nSPS) is 13.3. The minimum atomic E-state index is -4.58. The summed E-state index contributed by atoms with van der Waals surface area (Å²) >= 11 is 5.75. The molecule has 240 valence electrons. The predicted molar refractivity (Wildman–Crippen MR) is 175 cm³/mol. The molecule has 0 bridgehead atoms. The van der Waals surface area contributed by atoms with Gasteiger partial charge in [-0.3, -0.25) is 4.79 Å². The molecule has 0 aliphatic rings. The molecule has 0 radical (unpaired) electrons. The van der Waals surface area contributed by atoms with Gasteiger partial charge in [0.1, 0.15) is 5.78 Å². The Balaban J connectivity index is 1.62. The molecule has 0 spiro atoms. The van der Waals surface area contributed by atoms with Gasteiger partial charge in [-0.2, -0.15) is 18.4 Å². The summed E-state index contributed by atoms with van der Waals surface area (Å²) in [6, 6.07) is 24.1. The number of nitrogens with two attached hydrogens (primary N) is 1. The number of hydrogen-bond acceptors (Lipinski definition) is 5. The van der Waals surface area contributed by atoms with E-state index in [0.29, 0.717) is 30.8 Å². The van der Waals surface area contributed by atoms with Crippen LogP contribution in [0.1, 0.15) is 53.8 Å². The van der Waals surface area contributed by atoms with Gasteiger partial charge in [-0.15, -0.1) is 0 Å². The summed E-state index contributed by atoms with van der Waals surface area (Å²) < 4.78 is 43.9. The molecule has 1 aromatic heterocycles. The number of carbonyl (C=O) groups excluding carboxylic acids is 1. The number of ketones is 1. The fraction of sp³-hybridized carbons (Fsp3) is 0.314. The lowest BCUT2D eigenvalue weighted by Gasteiger charge is -2.38. The van der Waals surface area contributed by atoms with Crippen molar-refractivity contribution in [1.29, 1.82) is 5.26 Å². The van der Waals surface area contributed by atoms with Crippen molar-refractivity contribution in [2.24, 2.45) is 17.6 Å². The van der Waals surface area contributed by atoms with Crippen molar-refractivity contribution in [1.82, 2.24) is 19.8 Å². The largest absolute Gasteiger partial charge is 0.416 e. The summed E-state index contributed by atoms with van der Waals surface area (Å²) in [4.78, 5) is 19.9. The van der Waals surface area contributed by atoms with Gasteiger partial charge in [0.2, 0.25) is 0 Å². The Morgan fingerprint density at radius 2 is 1.74 bits per heavy atom. The van der Waals surface area contributed by atoms with Gasteiger partial charge in [-0.25, -0.2) is 4.98 Å². The number of benzene rings is 3. The van der Waals surface area contributed by atoms with Crippen LogP contribution in [0.3, 0.4) is 0 Å². The third kappa shape index (κ3) is 8.80. The highest BCUT2D eigenvalue weighted by molar-refractivity contribution is 7.80. The lowest BCUT2D eigenvalue weighted by molar-refractivity contribution is -0.138. The molecule has 0 amide bonds. The number of nitrogens with one attached hydrogen (secondary N) is 1. The van der Waals surface area contributed by atoms with Gasteiger partial charge in [0.15, 0.2) is 5.11 Å². The van der Waals surface area contributed by atoms with Gasteiger partial charge in [-0.05, 0) is 53.0 Å². The molecule has 3 N–H and O–H groups in total. The fourth-order valence-corrected chi connectivity index (χ4v) is 5.67. The smallest absolute Gasteiger partial charge is 0.358 e. The Kier molecular flexibility index (Phi) is 11.7. The Labute approximate surface area is 272 Å². The number of Topliss-reactive ketones (excluding diaryl/α,β-unsaturated/α-hetero) is 1. The van der Waals surface area contributed by atoms with Crippen LogP contribution in [-0.2, 0) is 37.0 Å². The van der Waals surface area contributed by atoms with E-state index in [1.165, 1.54) is 17.0 Å². The maximum Gasteiger partial charge on any atom is 0.416 e. The van der Waals surface area contributed by atoms with E-state index >= 15 is 0 Å². The molecule has 3 aromatic carbocycles. The molecule has 7 nitrogen and oxygen atoms in total. The Morgan fingerprint density at radius 3 is 2.39 bits per heavy atom. The number of thiocarbonyl (C=S) groups is 1. The summed E-state index contributed by atoms with van der Waals surface area (Å²) in [6.07, 6.45) is -1.69. The Hall–Kier alpha value is -4.53. The van der Waals surface area contributed by atoms with Crippen LogP contribution in [0.25, 0.3) is 0 Å². The predicted octanol–water partition coefficient (Wildman–Crippen LogP) is 6.46. The Bertz CT molecular complexity index is 1650. The van der Waals surface area contributed by atoms with Crippen molar-refractivity contribution in [2.75, 3.05) is 0 Å². The number of imidazole rings is 1. The van der Waals surface area contributed by atoms with Gasteiger partial charge in [-0.1, -0.05) is 80.9 Å². The molecule has 0 saturated heterocycles. The molecule has 4 rings (SSSR count). The molecular weight excluding hydrogens is 609 g/mol. The van der Waals surface area contributed by atoms with E-state index in [-0.39, 0.29) is 35.3 Å². The first-order valence-electron chi connectivity index (χ1n) is 15.0. The van der Waals surface area contributed by atoms with E-state index in [4.69, 9.17) is 23.2 Å². The van der Waals surface area contributed by atoms with Crippen molar-refractivity contribution in [3.8, 4) is 6.07 Å². The number of aromatic nitrogens is 2. The second-order valence-corrected chi connectivity index (χ2v) is 11.7. The van der Waals surface area contributed by atoms with Crippen molar-refractivity contribution in [3.05, 3.63) is 125 Å². The van der Waals surface area contributed by atoms with E-state index in [9.17, 15) is 18.0 Å². The van der Waals surface area contributed by atoms with E-state index in [1.54, 1.807) is 30.7 Å². The van der Waals surface area contributed by atoms with Gasteiger partial charge < -0.3 is 20.5 Å². The van der Waals surface area contributed by atoms with Crippen LogP contribution in [-0.4, -0.2) is 31.5 Å². The number of nitrogens with zero attached hydrogens (tertiary/aromatic N) is 4. The maximum atomic E-state index is 14.1. The van der Waals surface area contributed by atoms with E-state index < -0.39 is 23.8 Å². The van der Waals surface area contributed by atoms with Crippen LogP contribution < -0.4 is 11.1 Å². The van der Waals surface area contributed by atoms with Crippen LogP contribution in [0.2, 0.25) is 0 Å². The van der Waals surface area contributed by atoms with E-state index in [1.807, 2.05) is 60.9 Å². The third-order valence-electron chi connectivity index (χ3n) is 8.16. The number of hydrogen-bond donors (Lipinski definition) is 2. The summed E-state index contributed by atoms with van der Waals surface area (Å²) in [6.45, 7) is 4.40. The van der Waals surface area contributed by atoms with Crippen molar-refractivity contribution < 1.29 is 18.0 Å². The van der Waals surface area contributed by atoms with Crippen molar-refractivity contribution in [2.45, 2.75) is 58.7 Å².